The Balaban J connectivity index is 3.31. The fourth-order valence-electron chi connectivity index (χ4n) is 0.712. The van der Waals surface area contributed by atoms with Gasteiger partial charge in [-0.15, -0.1) is 0 Å². The maximum Gasteiger partial charge on any atom is 0.316 e. The van der Waals surface area contributed by atoms with Gasteiger partial charge in [0.1, 0.15) is 0 Å². The average Bonchev–Trinajstić information content (AvgIpc) is 1.86. The van der Waals surface area contributed by atoms with Gasteiger partial charge in [-0.25, -0.2) is 0 Å². The van der Waals surface area contributed by atoms with Crippen molar-refractivity contribution in [3.8, 4) is 0 Å². The molecule has 0 heterocycles. The van der Waals surface area contributed by atoms with Crippen LogP contribution in [0, 0.1) is 0 Å². The van der Waals surface area contributed by atoms with E-state index in [0.717, 1.165) is 19.5 Å². The molecular weight excluding hydrogens is 164 g/mol. The van der Waals surface area contributed by atoms with Crippen LogP contribution in [0.3, 0.4) is 0 Å². The lowest BCUT2D eigenvalue weighted by molar-refractivity contribution is 0.229. The van der Waals surface area contributed by atoms with Gasteiger partial charge in [0.25, 0.3) is 0 Å². The molecule has 0 bridgehead atoms. The molecular formula is C7H15ClN2O. The first-order valence-electron chi connectivity index (χ1n) is 3.59. The predicted molar refractivity (Wildman–Crippen MR) is 47.1 cm³/mol. The molecule has 0 unspecified atom stereocenters. The third kappa shape index (κ3) is 6.13. The zero-order chi connectivity index (χ0) is 8.85. The van der Waals surface area contributed by atoms with Crippen LogP contribution < -0.4 is 0 Å². The van der Waals surface area contributed by atoms with Crippen molar-refractivity contribution in [2.24, 2.45) is 0 Å². The molecule has 0 aliphatic heterocycles. The molecule has 4 heteroatoms. The van der Waals surface area contributed by atoms with Gasteiger partial charge in [-0.05, 0) is 38.7 Å². The Morgan fingerprint density at radius 1 is 1.27 bits per heavy atom. The van der Waals surface area contributed by atoms with E-state index in [0.29, 0.717) is 0 Å². The molecule has 66 valence electrons. The quantitative estimate of drug-likeness (QED) is 0.478. The van der Waals surface area contributed by atoms with Gasteiger partial charge in [-0.1, -0.05) is 0 Å². The predicted octanol–water partition coefficient (Wildman–Crippen LogP) is 1.23. The van der Waals surface area contributed by atoms with Gasteiger partial charge >= 0.3 is 5.37 Å². The monoisotopic (exact) mass is 178 g/mol. The number of halogens is 1. The third-order valence-corrected chi connectivity index (χ3v) is 1.69. The number of rotatable bonds is 4. The molecule has 3 nitrogen and oxygen atoms in total. The molecule has 0 radical (unpaired) electrons. The first-order valence-corrected chi connectivity index (χ1v) is 3.97. The highest BCUT2D eigenvalue weighted by Gasteiger charge is 2.02. The molecule has 0 aromatic heterocycles. The van der Waals surface area contributed by atoms with Crippen LogP contribution in [-0.2, 0) is 0 Å². The Hall–Kier alpha value is -0.280. The van der Waals surface area contributed by atoms with Crippen LogP contribution in [0.1, 0.15) is 6.42 Å². The summed E-state index contributed by atoms with van der Waals surface area (Å²) in [5.41, 5.74) is 0. The fraction of sp³-hybridized carbons (Fsp3) is 0.857. The molecule has 0 aromatic carbocycles. The lowest BCUT2D eigenvalue weighted by atomic mass is 10.4. The van der Waals surface area contributed by atoms with Gasteiger partial charge in [0.05, 0.1) is 0 Å². The molecule has 0 aliphatic carbocycles. The highest BCUT2D eigenvalue weighted by molar-refractivity contribution is 6.62. The van der Waals surface area contributed by atoms with Gasteiger partial charge in [-0.3, -0.25) is 4.79 Å². The second-order valence-corrected chi connectivity index (χ2v) is 3.15. The van der Waals surface area contributed by atoms with E-state index in [2.05, 4.69) is 4.90 Å². The molecule has 0 aliphatic rings. The summed E-state index contributed by atoms with van der Waals surface area (Å²) in [6.45, 7) is 1.70. The van der Waals surface area contributed by atoms with Crippen molar-refractivity contribution in [2.75, 3.05) is 34.2 Å². The molecule has 0 rings (SSSR count). The van der Waals surface area contributed by atoms with E-state index < -0.39 is 0 Å². The Kier molecular flexibility index (Phi) is 5.24. The van der Waals surface area contributed by atoms with Crippen molar-refractivity contribution in [2.45, 2.75) is 6.42 Å². The Morgan fingerprint density at radius 2 is 1.82 bits per heavy atom. The minimum Gasteiger partial charge on any atom is -0.332 e. The molecule has 0 fully saturated rings. The van der Waals surface area contributed by atoms with E-state index in [1.165, 1.54) is 4.90 Å². The van der Waals surface area contributed by atoms with Crippen molar-refractivity contribution in [3.63, 3.8) is 0 Å². The second kappa shape index (κ2) is 5.38. The second-order valence-electron chi connectivity index (χ2n) is 2.83. The molecule has 0 saturated carbocycles. The number of hydrogen-bond acceptors (Lipinski definition) is 2. The smallest absolute Gasteiger partial charge is 0.316 e. The molecule has 0 atom stereocenters. The Labute approximate surface area is 72.9 Å². The normalized spacial score (nSPS) is 10.3. The number of amides is 1. The lowest BCUT2D eigenvalue weighted by Gasteiger charge is -2.14. The van der Waals surface area contributed by atoms with E-state index in [1.54, 1.807) is 7.05 Å². The number of hydrogen-bond donors (Lipinski definition) is 0. The average molecular weight is 179 g/mol. The van der Waals surface area contributed by atoms with E-state index in [1.807, 2.05) is 14.1 Å². The Morgan fingerprint density at radius 3 is 2.18 bits per heavy atom. The molecule has 0 aromatic rings. The summed E-state index contributed by atoms with van der Waals surface area (Å²) in [7, 11) is 5.70. The van der Waals surface area contributed by atoms with Gasteiger partial charge in [0.2, 0.25) is 0 Å². The van der Waals surface area contributed by atoms with Crippen molar-refractivity contribution in [1.82, 2.24) is 9.80 Å². The van der Waals surface area contributed by atoms with Crippen LogP contribution in [0.5, 0.6) is 0 Å². The van der Waals surface area contributed by atoms with Crippen molar-refractivity contribution >= 4 is 17.0 Å². The first-order chi connectivity index (χ1) is 5.04. The first kappa shape index (κ1) is 10.7. The van der Waals surface area contributed by atoms with E-state index in [9.17, 15) is 4.79 Å². The van der Waals surface area contributed by atoms with Crippen LogP contribution in [0.15, 0.2) is 0 Å². The fourth-order valence-corrected chi connectivity index (χ4v) is 0.797. The highest BCUT2D eigenvalue weighted by atomic mass is 35.5. The number of carbonyl (C=O) groups is 1. The van der Waals surface area contributed by atoms with E-state index in [4.69, 9.17) is 11.6 Å². The zero-order valence-corrected chi connectivity index (χ0v) is 8.06. The van der Waals surface area contributed by atoms with Crippen molar-refractivity contribution in [1.29, 1.82) is 0 Å². The summed E-state index contributed by atoms with van der Waals surface area (Å²) in [6.07, 6.45) is 0.960. The molecule has 11 heavy (non-hydrogen) atoms. The van der Waals surface area contributed by atoms with Crippen LogP contribution in [-0.4, -0.2) is 49.4 Å². The molecule has 0 spiro atoms. The van der Waals surface area contributed by atoms with Gasteiger partial charge in [0, 0.05) is 13.6 Å². The van der Waals surface area contributed by atoms with E-state index >= 15 is 0 Å². The lowest BCUT2D eigenvalue weighted by Crippen LogP contribution is -2.25. The third-order valence-electron chi connectivity index (χ3n) is 1.40. The summed E-state index contributed by atoms with van der Waals surface area (Å²) in [5.74, 6) is 0. The summed E-state index contributed by atoms with van der Waals surface area (Å²) in [6, 6.07) is 0. The topological polar surface area (TPSA) is 23.6 Å². The van der Waals surface area contributed by atoms with Crippen LogP contribution in [0.4, 0.5) is 4.79 Å². The summed E-state index contributed by atoms with van der Waals surface area (Å²) in [4.78, 5) is 14.1. The van der Waals surface area contributed by atoms with Crippen molar-refractivity contribution < 1.29 is 4.79 Å². The van der Waals surface area contributed by atoms with Gasteiger partial charge in [0.15, 0.2) is 0 Å². The number of nitrogens with zero attached hydrogens (tertiary/aromatic N) is 2. The van der Waals surface area contributed by atoms with E-state index in [-0.39, 0.29) is 5.37 Å². The van der Waals surface area contributed by atoms with Gasteiger partial charge in [-0.2, -0.15) is 0 Å². The largest absolute Gasteiger partial charge is 0.332 e. The zero-order valence-electron chi connectivity index (χ0n) is 7.30. The summed E-state index contributed by atoms with van der Waals surface area (Å²) in [5, 5.41) is -0.385. The SMILES string of the molecule is CN(C)CCCN(C)C(=O)Cl. The van der Waals surface area contributed by atoms with Crippen LogP contribution in [0.25, 0.3) is 0 Å². The maximum atomic E-state index is 10.5. The maximum absolute atomic E-state index is 10.5. The number of carbonyl (C=O) groups excluding carboxylic acids is 1. The van der Waals surface area contributed by atoms with Crippen molar-refractivity contribution in [3.05, 3.63) is 0 Å². The standard InChI is InChI=1S/C7H15ClN2O/c1-9(2)5-4-6-10(3)7(8)11/h4-6H2,1-3H3. The van der Waals surface area contributed by atoms with Crippen LogP contribution in [0.2, 0.25) is 0 Å². The molecule has 1 amide bonds. The summed E-state index contributed by atoms with van der Waals surface area (Å²) >= 11 is 5.22. The molecule has 0 saturated heterocycles. The molecule has 0 N–H and O–H groups in total. The minimum atomic E-state index is -0.385. The Bertz CT molecular complexity index is 128. The summed E-state index contributed by atoms with van der Waals surface area (Å²) < 4.78 is 0. The minimum absolute atomic E-state index is 0.385. The van der Waals surface area contributed by atoms with Crippen LogP contribution >= 0.6 is 11.6 Å². The van der Waals surface area contributed by atoms with Gasteiger partial charge < -0.3 is 9.80 Å². The highest BCUT2D eigenvalue weighted by Crippen LogP contribution is 1.94.